The number of benzene rings is 2. The predicted molar refractivity (Wildman–Crippen MR) is 76.2 cm³/mol. The fourth-order valence-corrected chi connectivity index (χ4v) is 1.92. The molecule has 0 saturated heterocycles. The van der Waals surface area contributed by atoms with Crippen LogP contribution in [0.1, 0.15) is 5.56 Å². The third-order valence-corrected chi connectivity index (χ3v) is 2.90. The third kappa shape index (κ3) is 2.56. The van der Waals surface area contributed by atoms with Crippen LogP contribution in [0.5, 0.6) is 5.75 Å². The normalized spacial score (nSPS) is 9.94. The first-order valence-corrected chi connectivity index (χ1v) is 5.96. The summed E-state index contributed by atoms with van der Waals surface area (Å²) >= 11 is 0. The molecule has 3 nitrogen and oxygen atoms in total. The topological polar surface area (TPSA) is 24.5 Å². The van der Waals surface area contributed by atoms with Crippen molar-refractivity contribution in [2.45, 2.75) is 6.92 Å². The lowest BCUT2D eigenvalue weighted by Crippen LogP contribution is -2.22. The van der Waals surface area contributed by atoms with Crippen molar-refractivity contribution in [1.29, 1.82) is 0 Å². The number of hydrogen-bond acceptors (Lipinski definition) is 3. The van der Waals surface area contributed by atoms with Crippen LogP contribution in [0.25, 0.3) is 0 Å². The second-order valence-corrected chi connectivity index (χ2v) is 4.10. The van der Waals surface area contributed by atoms with E-state index in [4.69, 9.17) is 4.84 Å². The van der Waals surface area contributed by atoms with E-state index in [1.54, 1.807) is 5.06 Å². The van der Waals surface area contributed by atoms with Crippen LogP contribution in [-0.4, -0.2) is 14.1 Å². The van der Waals surface area contributed by atoms with Crippen LogP contribution < -0.4 is 15.2 Å². The highest BCUT2D eigenvalue weighted by atomic mass is 16.7. The summed E-state index contributed by atoms with van der Waals surface area (Å²) < 4.78 is 0. The molecule has 2 rings (SSSR count). The van der Waals surface area contributed by atoms with Crippen LogP contribution in [0.3, 0.4) is 0 Å². The van der Waals surface area contributed by atoms with Crippen LogP contribution in [0.2, 0.25) is 0 Å². The highest BCUT2D eigenvalue weighted by Crippen LogP contribution is 2.26. The summed E-state index contributed by atoms with van der Waals surface area (Å²) in [6.45, 7) is 2.08. The van der Waals surface area contributed by atoms with Crippen LogP contribution in [-0.2, 0) is 0 Å². The van der Waals surface area contributed by atoms with Crippen molar-refractivity contribution in [3.63, 3.8) is 0 Å². The maximum Gasteiger partial charge on any atom is 0.155 e. The van der Waals surface area contributed by atoms with Crippen molar-refractivity contribution >= 4 is 11.4 Å². The van der Waals surface area contributed by atoms with Crippen molar-refractivity contribution in [2.75, 3.05) is 24.5 Å². The van der Waals surface area contributed by atoms with Gasteiger partial charge in [0.25, 0.3) is 0 Å². The van der Waals surface area contributed by atoms with Crippen molar-refractivity contribution in [3.8, 4) is 5.75 Å². The molecular formula is C15H18N2O. The van der Waals surface area contributed by atoms with E-state index in [1.165, 1.54) is 5.56 Å². The van der Waals surface area contributed by atoms with Gasteiger partial charge in [0.15, 0.2) is 5.75 Å². The molecular weight excluding hydrogens is 224 g/mol. The van der Waals surface area contributed by atoms with Gasteiger partial charge in [-0.1, -0.05) is 24.3 Å². The van der Waals surface area contributed by atoms with Gasteiger partial charge in [-0.3, -0.25) is 0 Å². The van der Waals surface area contributed by atoms with E-state index < -0.39 is 0 Å². The molecule has 94 valence electrons. The predicted octanol–water partition coefficient (Wildman–Crippen LogP) is 3.47. The van der Waals surface area contributed by atoms with Crippen LogP contribution in [0.4, 0.5) is 11.4 Å². The van der Waals surface area contributed by atoms with E-state index in [2.05, 4.69) is 18.3 Å². The monoisotopic (exact) mass is 242 g/mol. The van der Waals surface area contributed by atoms with Gasteiger partial charge in [-0.15, -0.1) is 0 Å². The maximum absolute atomic E-state index is 5.79. The van der Waals surface area contributed by atoms with E-state index in [0.29, 0.717) is 0 Å². The maximum atomic E-state index is 5.79. The Balaban J connectivity index is 2.21. The minimum absolute atomic E-state index is 0.828. The molecule has 0 aliphatic carbocycles. The molecule has 0 bridgehead atoms. The quantitative estimate of drug-likeness (QED) is 0.831. The summed E-state index contributed by atoms with van der Waals surface area (Å²) in [6, 6.07) is 15.9. The summed E-state index contributed by atoms with van der Waals surface area (Å²) in [5.41, 5.74) is 3.32. The van der Waals surface area contributed by atoms with Gasteiger partial charge in [-0.25, -0.2) is 5.06 Å². The van der Waals surface area contributed by atoms with Crippen molar-refractivity contribution in [2.24, 2.45) is 0 Å². The number of nitrogens with zero attached hydrogens (tertiary/aromatic N) is 1. The van der Waals surface area contributed by atoms with Crippen molar-refractivity contribution in [3.05, 3.63) is 54.1 Å². The number of anilines is 2. The Bertz CT molecular complexity index is 511. The lowest BCUT2D eigenvalue weighted by atomic mass is 10.1. The summed E-state index contributed by atoms with van der Waals surface area (Å²) in [6.07, 6.45) is 0. The number of rotatable bonds is 4. The van der Waals surface area contributed by atoms with E-state index >= 15 is 0 Å². The van der Waals surface area contributed by atoms with Crippen LogP contribution in [0.15, 0.2) is 48.5 Å². The van der Waals surface area contributed by atoms with Gasteiger partial charge in [0.05, 0.1) is 5.69 Å². The molecule has 0 unspecified atom stereocenters. The molecule has 0 aliphatic heterocycles. The Morgan fingerprint density at radius 2 is 1.72 bits per heavy atom. The number of hydroxylamine groups is 1. The van der Waals surface area contributed by atoms with Crippen LogP contribution in [0, 0.1) is 6.92 Å². The Labute approximate surface area is 108 Å². The number of hydrogen-bond donors (Lipinski definition) is 1. The fourth-order valence-electron chi connectivity index (χ4n) is 1.92. The first-order chi connectivity index (χ1) is 8.72. The third-order valence-electron chi connectivity index (χ3n) is 2.90. The molecule has 2 aromatic rings. The molecule has 0 aromatic heterocycles. The van der Waals surface area contributed by atoms with Crippen molar-refractivity contribution in [1.82, 2.24) is 0 Å². The second kappa shape index (κ2) is 5.45. The molecule has 0 aliphatic rings. The molecule has 0 atom stereocenters. The highest BCUT2D eigenvalue weighted by Gasteiger charge is 2.08. The van der Waals surface area contributed by atoms with Gasteiger partial charge < -0.3 is 10.2 Å². The summed E-state index contributed by atoms with van der Waals surface area (Å²) in [5, 5.41) is 4.96. The van der Waals surface area contributed by atoms with Gasteiger partial charge in [0.2, 0.25) is 0 Å². The van der Waals surface area contributed by atoms with Gasteiger partial charge >= 0.3 is 0 Å². The minimum Gasteiger partial charge on any atom is -0.388 e. The van der Waals surface area contributed by atoms with E-state index in [-0.39, 0.29) is 0 Å². The summed E-state index contributed by atoms with van der Waals surface area (Å²) in [7, 11) is 3.83. The Kier molecular flexibility index (Phi) is 3.72. The number of nitrogens with one attached hydrogen (secondary N) is 1. The number of para-hydroxylation sites is 1. The zero-order chi connectivity index (χ0) is 13.0. The van der Waals surface area contributed by atoms with Gasteiger partial charge in [-0.2, -0.15) is 0 Å². The first-order valence-electron chi connectivity index (χ1n) is 5.96. The molecule has 0 radical (unpaired) electrons. The molecule has 1 N–H and O–H groups in total. The largest absolute Gasteiger partial charge is 0.388 e. The molecule has 0 saturated carbocycles. The average molecular weight is 242 g/mol. The first kappa shape index (κ1) is 12.3. The summed E-state index contributed by atoms with van der Waals surface area (Å²) in [4.78, 5) is 5.79. The van der Waals surface area contributed by atoms with Crippen molar-refractivity contribution < 1.29 is 4.84 Å². The Hall–Kier alpha value is -2.16. The van der Waals surface area contributed by atoms with Gasteiger partial charge in [0, 0.05) is 19.8 Å². The lowest BCUT2D eigenvalue weighted by molar-refractivity contribution is 0.303. The second-order valence-electron chi connectivity index (χ2n) is 4.10. The molecule has 18 heavy (non-hydrogen) atoms. The highest BCUT2D eigenvalue weighted by molar-refractivity contribution is 5.65. The molecule has 0 heterocycles. The Morgan fingerprint density at radius 1 is 1.00 bits per heavy atom. The van der Waals surface area contributed by atoms with E-state index in [9.17, 15) is 0 Å². The fraction of sp³-hybridized carbons (Fsp3) is 0.200. The Morgan fingerprint density at radius 3 is 2.39 bits per heavy atom. The van der Waals surface area contributed by atoms with Crippen LogP contribution >= 0.6 is 0 Å². The minimum atomic E-state index is 0.828. The summed E-state index contributed by atoms with van der Waals surface area (Å²) in [5.74, 6) is 0.828. The van der Waals surface area contributed by atoms with Gasteiger partial charge in [-0.05, 0) is 36.8 Å². The molecule has 3 heteroatoms. The molecule has 0 fully saturated rings. The average Bonchev–Trinajstić information content (AvgIpc) is 2.40. The molecule has 2 aromatic carbocycles. The molecule has 0 amide bonds. The molecule has 0 spiro atoms. The van der Waals surface area contributed by atoms with E-state index in [1.807, 2.05) is 56.6 Å². The SMILES string of the molecule is CNc1cccc(N(C)Oc2ccccc2)c1C. The lowest BCUT2D eigenvalue weighted by Gasteiger charge is -2.22. The van der Waals surface area contributed by atoms with Gasteiger partial charge in [0.1, 0.15) is 0 Å². The standard InChI is InChI=1S/C15H18N2O/c1-12-14(16-2)10-7-11-15(12)17(3)18-13-8-5-4-6-9-13/h4-11,16H,1-3H3. The smallest absolute Gasteiger partial charge is 0.155 e. The zero-order valence-electron chi connectivity index (χ0n) is 11.0. The zero-order valence-corrected chi connectivity index (χ0v) is 11.0. The van der Waals surface area contributed by atoms with E-state index in [0.717, 1.165) is 17.1 Å².